The Hall–Kier alpha value is -1.81. The van der Waals surface area contributed by atoms with Gasteiger partial charge in [0.25, 0.3) is 5.91 Å². The molecule has 1 aliphatic heterocycles. The van der Waals surface area contributed by atoms with Crippen LogP contribution >= 0.6 is 0 Å². The summed E-state index contributed by atoms with van der Waals surface area (Å²) in [5.74, 6) is 0.557. The average Bonchev–Trinajstić information content (AvgIpc) is 2.86. The Labute approximate surface area is 107 Å². The van der Waals surface area contributed by atoms with Crippen LogP contribution in [0.3, 0.4) is 0 Å². The van der Waals surface area contributed by atoms with Crippen LogP contribution in [0.4, 0.5) is 0 Å². The third-order valence-electron chi connectivity index (χ3n) is 3.02. The lowest BCUT2D eigenvalue weighted by Crippen LogP contribution is -2.39. The highest BCUT2D eigenvalue weighted by Gasteiger charge is 2.27. The molecule has 1 N–H and O–H groups in total. The molecule has 0 spiro atoms. The van der Waals surface area contributed by atoms with Crippen LogP contribution in [0.1, 0.15) is 16.8 Å². The minimum Gasteiger partial charge on any atom is -0.497 e. The minimum atomic E-state index is -0.115. The highest BCUT2D eigenvalue weighted by molar-refractivity contribution is 5.94. The Morgan fingerprint density at radius 2 is 2.44 bits per heavy atom. The maximum atomic E-state index is 12.1. The van der Waals surface area contributed by atoms with Crippen molar-refractivity contribution < 1.29 is 14.3 Å². The zero-order valence-corrected chi connectivity index (χ0v) is 10.4. The quantitative estimate of drug-likeness (QED) is 0.825. The predicted molar refractivity (Wildman–Crippen MR) is 68.8 cm³/mol. The van der Waals surface area contributed by atoms with Gasteiger partial charge in [-0.05, 0) is 24.6 Å². The van der Waals surface area contributed by atoms with Crippen LogP contribution in [-0.4, -0.2) is 31.8 Å². The molecule has 96 valence electrons. The van der Waals surface area contributed by atoms with Crippen molar-refractivity contribution in [2.45, 2.75) is 18.6 Å². The molecule has 0 bridgehead atoms. The van der Waals surface area contributed by atoms with Gasteiger partial charge in [-0.25, -0.2) is 0 Å². The van der Waals surface area contributed by atoms with Crippen LogP contribution < -0.4 is 10.1 Å². The van der Waals surface area contributed by atoms with Crippen molar-refractivity contribution in [1.82, 2.24) is 5.32 Å². The molecule has 1 saturated heterocycles. The number of carbonyl (C=O) groups is 1. The van der Waals surface area contributed by atoms with Gasteiger partial charge in [-0.15, -0.1) is 6.58 Å². The highest BCUT2D eigenvalue weighted by atomic mass is 16.5. The molecule has 1 heterocycles. The number of nitrogens with one attached hydrogen (secondary N) is 1. The second-order valence-corrected chi connectivity index (χ2v) is 4.17. The molecule has 1 amide bonds. The number of rotatable bonds is 4. The Morgan fingerprint density at radius 3 is 3.17 bits per heavy atom. The van der Waals surface area contributed by atoms with E-state index in [9.17, 15) is 4.79 Å². The van der Waals surface area contributed by atoms with Gasteiger partial charge in [-0.3, -0.25) is 4.79 Å². The van der Waals surface area contributed by atoms with E-state index in [0.717, 1.165) is 6.42 Å². The predicted octanol–water partition coefficient (Wildman–Crippen LogP) is 1.77. The van der Waals surface area contributed by atoms with Gasteiger partial charge >= 0.3 is 0 Å². The summed E-state index contributed by atoms with van der Waals surface area (Å²) in [6, 6.07) is 7.08. The lowest BCUT2D eigenvalue weighted by atomic mass is 10.1. The fourth-order valence-electron chi connectivity index (χ4n) is 2.01. The molecular formula is C14H17NO3. The van der Waals surface area contributed by atoms with Crippen LogP contribution in [0, 0.1) is 0 Å². The van der Waals surface area contributed by atoms with Crippen LogP contribution in [0.25, 0.3) is 0 Å². The number of benzene rings is 1. The summed E-state index contributed by atoms with van der Waals surface area (Å²) in [7, 11) is 1.58. The second-order valence-electron chi connectivity index (χ2n) is 4.17. The van der Waals surface area contributed by atoms with Gasteiger partial charge in [-0.2, -0.15) is 0 Å². The Kier molecular flexibility index (Phi) is 3.99. The molecule has 0 radical (unpaired) electrons. The summed E-state index contributed by atoms with van der Waals surface area (Å²) < 4.78 is 10.5. The van der Waals surface area contributed by atoms with Gasteiger partial charge < -0.3 is 14.8 Å². The monoisotopic (exact) mass is 247 g/mol. The third-order valence-corrected chi connectivity index (χ3v) is 3.02. The first kappa shape index (κ1) is 12.6. The number of amides is 1. The van der Waals surface area contributed by atoms with E-state index in [1.165, 1.54) is 0 Å². The molecule has 0 unspecified atom stereocenters. The first-order chi connectivity index (χ1) is 8.74. The fraction of sp³-hybridized carbons (Fsp3) is 0.357. The summed E-state index contributed by atoms with van der Waals surface area (Å²) in [6.45, 7) is 4.36. The number of ether oxygens (including phenoxy) is 2. The van der Waals surface area contributed by atoms with E-state index in [0.29, 0.717) is 17.9 Å². The van der Waals surface area contributed by atoms with Crippen LogP contribution in [-0.2, 0) is 4.74 Å². The van der Waals surface area contributed by atoms with E-state index in [1.807, 2.05) is 6.07 Å². The third kappa shape index (κ3) is 2.71. The summed E-state index contributed by atoms with van der Waals surface area (Å²) in [6.07, 6.45) is 2.44. The van der Waals surface area contributed by atoms with Crippen LogP contribution in [0.2, 0.25) is 0 Å². The summed E-state index contributed by atoms with van der Waals surface area (Å²) in [5.41, 5.74) is 0.587. The van der Waals surface area contributed by atoms with E-state index in [1.54, 1.807) is 31.4 Å². The van der Waals surface area contributed by atoms with Crippen molar-refractivity contribution in [1.29, 1.82) is 0 Å². The van der Waals surface area contributed by atoms with E-state index in [-0.39, 0.29) is 18.1 Å². The van der Waals surface area contributed by atoms with Gasteiger partial charge in [0.15, 0.2) is 0 Å². The molecule has 2 rings (SSSR count). The molecule has 1 fully saturated rings. The minimum absolute atomic E-state index is 0.00111. The van der Waals surface area contributed by atoms with Crippen molar-refractivity contribution in [2.24, 2.45) is 0 Å². The topological polar surface area (TPSA) is 47.6 Å². The standard InChI is InChI=1S/C14H17NO3/c1-3-13-12(7-8-18-13)15-14(16)10-5-4-6-11(9-10)17-2/h3-6,9,12-13H,1,7-8H2,2H3,(H,15,16)/t12-,13+/m1/s1. The number of carbonyl (C=O) groups excluding carboxylic acids is 1. The van der Waals surface area contributed by atoms with Gasteiger partial charge in [0.2, 0.25) is 0 Å². The maximum Gasteiger partial charge on any atom is 0.251 e. The maximum absolute atomic E-state index is 12.1. The van der Waals surface area contributed by atoms with E-state index in [4.69, 9.17) is 9.47 Å². The van der Waals surface area contributed by atoms with E-state index >= 15 is 0 Å². The zero-order chi connectivity index (χ0) is 13.0. The number of methoxy groups -OCH3 is 1. The lowest BCUT2D eigenvalue weighted by Gasteiger charge is -2.16. The molecule has 0 saturated carbocycles. The Balaban J connectivity index is 2.04. The van der Waals surface area contributed by atoms with Gasteiger partial charge in [-0.1, -0.05) is 12.1 Å². The Morgan fingerprint density at radius 1 is 1.61 bits per heavy atom. The van der Waals surface area contributed by atoms with E-state index < -0.39 is 0 Å². The molecule has 1 aliphatic rings. The highest BCUT2D eigenvalue weighted by Crippen LogP contribution is 2.16. The number of hydrogen-bond donors (Lipinski definition) is 1. The number of hydrogen-bond acceptors (Lipinski definition) is 3. The van der Waals surface area contributed by atoms with Gasteiger partial charge in [0.05, 0.1) is 19.3 Å². The SMILES string of the molecule is C=C[C@@H]1OCC[C@H]1NC(=O)c1cccc(OC)c1. The van der Waals surface area contributed by atoms with E-state index in [2.05, 4.69) is 11.9 Å². The molecular weight excluding hydrogens is 230 g/mol. The normalized spacial score (nSPS) is 22.5. The van der Waals surface area contributed by atoms with Crippen molar-refractivity contribution in [3.63, 3.8) is 0 Å². The van der Waals surface area contributed by atoms with Crippen LogP contribution in [0.15, 0.2) is 36.9 Å². The molecule has 18 heavy (non-hydrogen) atoms. The average molecular weight is 247 g/mol. The summed E-state index contributed by atoms with van der Waals surface area (Å²) in [4.78, 5) is 12.1. The van der Waals surface area contributed by atoms with Gasteiger partial charge in [0, 0.05) is 12.2 Å². The first-order valence-corrected chi connectivity index (χ1v) is 5.93. The second kappa shape index (κ2) is 5.69. The molecule has 4 heteroatoms. The molecule has 1 aromatic carbocycles. The molecule has 1 aromatic rings. The van der Waals surface area contributed by atoms with Crippen molar-refractivity contribution >= 4 is 5.91 Å². The summed E-state index contributed by atoms with van der Waals surface area (Å²) in [5, 5.41) is 2.96. The fourth-order valence-corrected chi connectivity index (χ4v) is 2.01. The molecule has 0 aliphatic carbocycles. The van der Waals surface area contributed by atoms with Crippen molar-refractivity contribution in [3.8, 4) is 5.75 Å². The summed E-state index contributed by atoms with van der Waals surface area (Å²) >= 11 is 0. The zero-order valence-electron chi connectivity index (χ0n) is 10.4. The van der Waals surface area contributed by atoms with Crippen molar-refractivity contribution in [3.05, 3.63) is 42.5 Å². The molecule has 0 aromatic heterocycles. The van der Waals surface area contributed by atoms with Gasteiger partial charge in [0.1, 0.15) is 5.75 Å². The van der Waals surface area contributed by atoms with Crippen molar-refractivity contribution in [2.75, 3.05) is 13.7 Å². The largest absolute Gasteiger partial charge is 0.497 e. The smallest absolute Gasteiger partial charge is 0.251 e. The van der Waals surface area contributed by atoms with Crippen LogP contribution in [0.5, 0.6) is 5.75 Å². The molecule has 4 nitrogen and oxygen atoms in total. The first-order valence-electron chi connectivity index (χ1n) is 5.93. The molecule has 2 atom stereocenters. The lowest BCUT2D eigenvalue weighted by molar-refractivity contribution is 0.0900. The Bertz CT molecular complexity index is 444.